The fraction of sp³-hybridized carbons (Fsp3) is 0.143. The first-order valence-electron chi connectivity index (χ1n) is 8.83. The van der Waals surface area contributed by atoms with Gasteiger partial charge in [-0.25, -0.2) is 0 Å². The molecule has 0 aliphatic rings. The van der Waals surface area contributed by atoms with E-state index >= 15 is 0 Å². The predicted molar refractivity (Wildman–Crippen MR) is 103 cm³/mol. The van der Waals surface area contributed by atoms with Crippen LogP contribution in [-0.4, -0.2) is 30.6 Å². The number of nitrogens with zero attached hydrogens (tertiary/aromatic N) is 5. The molecule has 0 unspecified atom stereocenters. The molecule has 7 nitrogen and oxygen atoms in total. The van der Waals surface area contributed by atoms with Crippen LogP contribution < -0.4 is 0 Å². The number of carbonyl (C=O) groups is 1. The Morgan fingerprint density at radius 1 is 1.07 bits per heavy atom. The molecule has 0 saturated carbocycles. The number of hydrogen-bond acceptors (Lipinski definition) is 5. The van der Waals surface area contributed by atoms with Gasteiger partial charge in [0.25, 0.3) is 5.91 Å². The van der Waals surface area contributed by atoms with E-state index < -0.39 is 0 Å². The summed E-state index contributed by atoms with van der Waals surface area (Å²) in [7, 11) is 1.85. The number of rotatable bonds is 6. The van der Waals surface area contributed by atoms with Gasteiger partial charge in [-0.2, -0.15) is 5.10 Å². The molecule has 4 rings (SSSR count). The van der Waals surface area contributed by atoms with E-state index in [4.69, 9.17) is 4.42 Å². The third kappa shape index (κ3) is 3.98. The number of amides is 1. The summed E-state index contributed by atoms with van der Waals surface area (Å²) in [6, 6.07) is 9.31. The second kappa shape index (κ2) is 7.87. The third-order valence-corrected chi connectivity index (χ3v) is 4.33. The number of pyridine rings is 2. The van der Waals surface area contributed by atoms with Crippen LogP contribution in [0.25, 0.3) is 11.1 Å². The van der Waals surface area contributed by atoms with Crippen molar-refractivity contribution in [3.63, 3.8) is 0 Å². The molecule has 0 fully saturated rings. The van der Waals surface area contributed by atoms with E-state index in [1.54, 1.807) is 46.8 Å². The SMILES string of the molecule is Cn1cc(-c2cncc(C(=O)N(Cc3cccnc3)Cc3ccco3)c2)cn1. The van der Waals surface area contributed by atoms with Crippen molar-refractivity contribution < 1.29 is 9.21 Å². The van der Waals surface area contributed by atoms with Gasteiger partial charge in [-0.15, -0.1) is 0 Å². The average Bonchev–Trinajstić information content (AvgIpc) is 3.39. The lowest BCUT2D eigenvalue weighted by Crippen LogP contribution is -2.30. The van der Waals surface area contributed by atoms with E-state index in [1.165, 1.54) is 0 Å². The predicted octanol–water partition coefficient (Wildman–Crippen LogP) is 3.31. The maximum absolute atomic E-state index is 13.3. The fourth-order valence-corrected chi connectivity index (χ4v) is 2.97. The van der Waals surface area contributed by atoms with Crippen molar-refractivity contribution in [3.05, 3.63) is 90.7 Å². The average molecular weight is 373 g/mol. The standard InChI is InChI=1S/C21H19N5O2/c1-25-14-19(12-24-25)17-8-18(11-23-10-17)21(27)26(15-20-5-3-7-28-20)13-16-4-2-6-22-9-16/h2-12,14H,13,15H2,1H3. The monoisotopic (exact) mass is 373 g/mol. The Labute approximate surface area is 162 Å². The molecule has 4 aromatic heterocycles. The molecule has 0 spiro atoms. The zero-order chi connectivity index (χ0) is 19.3. The summed E-state index contributed by atoms with van der Waals surface area (Å²) < 4.78 is 7.17. The van der Waals surface area contributed by atoms with Crippen LogP contribution in [0.5, 0.6) is 0 Å². The second-order valence-corrected chi connectivity index (χ2v) is 6.47. The van der Waals surface area contributed by atoms with Gasteiger partial charge in [0.15, 0.2) is 0 Å². The van der Waals surface area contributed by atoms with Gasteiger partial charge in [-0.05, 0) is 29.8 Å². The van der Waals surface area contributed by atoms with Gasteiger partial charge in [0.1, 0.15) is 5.76 Å². The quantitative estimate of drug-likeness (QED) is 0.518. The van der Waals surface area contributed by atoms with Crippen molar-refractivity contribution >= 4 is 5.91 Å². The van der Waals surface area contributed by atoms with E-state index in [0.717, 1.165) is 16.7 Å². The second-order valence-electron chi connectivity index (χ2n) is 6.47. The highest BCUT2D eigenvalue weighted by atomic mass is 16.3. The first-order chi connectivity index (χ1) is 13.7. The van der Waals surface area contributed by atoms with Crippen LogP contribution >= 0.6 is 0 Å². The van der Waals surface area contributed by atoms with Crippen LogP contribution in [0.1, 0.15) is 21.7 Å². The van der Waals surface area contributed by atoms with Crippen LogP contribution in [0.4, 0.5) is 0 Å². The first-order valence-corrected chi connectivity index (χ1v) is 8.83. The van der Waals surface area contributed by atoms with Crippen molar-refractivity contribution in [2.24, 2.45) is 7.05 Å². The van der Waals surface area contributed by atoms with E-state index in [0.29, 0.717) is 24.4 Å². The molecule has 28 heavy (non-hydrogen) atoms. The van der Waals surface area contributed by atoms with E-state index in [2.05, 4.69) is 15.1 Å². The Balaban J connectivity index is 1.62. The van der Waals surface area contributed by atoms with Gasteiger partial charge in [0.2, 0.25) is 0 Å². The number of aryl methyl sites for hydroxylation is 1. The zero-order valence-corrected chi connectivity index (χ0v) is 15.4. The zero-order valence-electron chi connectivity index (χ0n) is 15.4. The van der Waals surface area contributed by atoms with E-state index in [1.807, 2.05) is 43.6 Å². The summed E-state index contributed by atoms with van der Waals surface area (Å²) in [5.74, 6) is 0.590. The number of hydrogen-bond donors (Lipinski definition) is 0. The Morgan fingerprint density at radius 2 is 2.00 bits per heavy atom. The Bertz CT molecular complexity index is 1060. The van der Waals surface area contributed by atoms with E-state index in [-0.39, 0.29) is 5.91 Å². The van der Waals surface area contributed by atoms with Gasteiger partial charge < -0.3 is 9.32 Å². The lowest BCUT2D eigenvalue weighted by molar-refractivity contribution is 0.0717. The van der Waals surface area contributed by atoms with Crippen LogP contribution in [0.15, 0.2) is 78.2 Å². The molecular weight excluding hydrogens is 354 g/mol. The van der Waals surface area contributed by atoms with Gasteiger partial charge in [-0.3, -0.25) is 19.4 Å². The largest absolute Gasteiger partial charge is 0.467 e. The van der Waals surface area contributed by atoms with E-state index in [9.17, 15) is 4.79 Å². The van der Waals surface area contributed by atoms with Crippen molar-refractivity contribution in [1.82, 2.24) is 24.6 Å². The minimum absolute atomic E-state index is 0.126. The summed E-state index contributed by atoms with van der Waals surface area (Å²) in [6.45, 7) is 0.780. The molecule has 0 atom stereocenters. The minimum Gasteiger partial charge on any atom is -0.467 e. The maximum atomic E-state index is 13.3. The van der Waals surface area contributed by atoms with Gasteiger partial charge in [0.05, 0.1) is 24.6 Å². The summed E-state index contributed by atoms with van der Waals surface area (Å²) in [4.78, 5) is 23.4. The summed E-state index contributed by atoms with van der Waals surface area (Å²) in [5, 5.41) is 4.18. The molecule has 4 aromatic rings. The van der Waals surface area contributed by atoms with Crippen molar-refractivity contribution in [2.45, 2.75) is 13.1 Å². The maximum Gasteiger partial charge on any atom is 0.256 e. The smallest absolute Gasteiger partial charge is 0.256 e. The highest BCUT2D eigenvalue weighted by Crippen LogP contribution is 2.20. The molecule has 4 heterocycles. The Kier molecular flexibility index (Phi) is 4.97. The van der Waals surface area contributed by atoms with Crippen LogP contribution in [-0.2, 0) is 20.1 Å². The molecule has 0 bridgehead atoms. The highest BCUT2D eigenvalue weighted by molar-refractivity contribution is 5.95. The highest BCUT2D eigenvalue weighted by Gasteiger charge is 2.19. The van der Waals surface area contributed by atoms with Crippen LogP contribution in [0, 0.1) is 0 Å². The van der Waals surface area contributed by atoms with Crippen molar-refractivity contribution in [2.75, 3.05) is 0 Å². The Morgan fingerprint density at radius 3 is 2.71 bits per heavy atom. The fourth-order valence-electron chi connectivity index (χ4n) is 2.97. The lowest BCUT2D eigenvalue weighted by atomic mass is 10.1. The van der Waals surface area contributed by atoms with Crippen LogP contribution in [0.3, 0.4) is 0 Å². The Hall–Kier alpha value is -3.74. The molecule has 0 aliphatic carbocycles. The molecule has 1 amide bonds. The third-order valence-electron chi connectivity index (χ3n) is 4.33. The minimum atomic E-state index is -0.126. The van der Waals surface area contributed by atoms with Gasteiger partial charge >= 0.3 is 0 Å². The summed E-state index contributed by atoms with van der Waals surface area (Å²) >= 11 is 0. The molecule has 0 saturated heterocycles. The normalized spacial score (nSPS) is 10.8. The van der Waals surface area contributed by atoms with Crippen LogP contribution in [0.2, 0.25) is 0 Å². The molecular formula is C21H19N5O2. The molecule has 7 heteroatoms. The summed E-state index contributed by atoms with van der Waals surface area (Å²) in [6.07, 6.45) is 12.0. The molecule has 0 aliphatic heterocycles. The molecule has 0 N–H and O–H groups in total. The molecule has 0 aromatic carbocycles. The van der Waals surface area contributed by atoms with Gasteiger partial charge in [0, 0.05) is 55.7 Å². The van der Waals surface area contributed by atoms with Crippen molar-refractivity contribution in [3.8, 4) is 11.1 Å². The van der Waals surface area contributed by atoms with Gasteiger partial charge in [-0.1, -0.05) is 6.07 Å². The molecule has 140 valence electrons. The van der Waals surface area contributed by atoms with Crippen molar-refractivity contribution in [1.29, 1.82) is 0 Å². The summed E-state index contributed by atoms with van der Waals surface area (Å²) in [5.41, 5.74) is 3.21. The number of aromatic nitrogens is 4. The number of furan rings is 1. The molecule has 0 radical (unpaired) electrons. The lowest BCUT2D eigenvalue weighted by Gasteiger charge is -2.22. The first kappa shape index (κ1) is 17.7. The topological polar surface area (TPSA) is 77.0 Å². The number of carbonyl (C=O) groups excluding carboxylic acids is 1.